The fraction of sp³-hybridized carbons (Fsp3) is 0.476. The molecule has 1 aromatic heterocycles. The Balaban J connectivity index is 0.00000243. The number of benzene rings is 1. The first-order valence-electron chi connectivity index (χ1n) is 9.25. The zero-order valence-electron chi connectivity index (χ0n) is 16.6. The van der Waals surface area contributed by atoms with E-state index in [1.165, 1.54) is 48.0 Å². The molecule has 1 unspecified atom stereocenters. The molecule has 1 saturated heterocycles. The molecule has 0 amide bonds. The Bertz CT molecular complexity index is 724. The zero-order chi connectivity index (χ0) is 18.1. The first-order valence-corrected chi connectivity index (χ1v) is 11.0. The molecule has 1 fully saturated rings. The van der Waals surface area contributed by atoms with Gasteiger partial charge in [0.25, 0.3) is 0 Å². The number of aryl methyl sites for hydroxylation is 2. The summed E-state index contributed by atoms with van der Waals surface area (Å²) in [6.07, 6.45) is 6.46. The van der Waals surface area contributed by atoms with Gasteiger partial charge in [0.15, 0.2) is 0 Å². The van der Waals surface area contributed by atoms with Gasteiger partial charge in [-0.2, -0.15) is 4.67 Å². The SMILES string of the molecule is Cc1ccc(N[P+](c2ccncc2)(N2CCCC2)C(C)(C)C)cc1C.[Br-]. The van der Waals surface area contributed by atoms with Gasteiger partial charge in [-0.3, -0.25) is 4.98 Å². The summed E-state index contributed by atoms with van der Waals surface area (Å²) in [4.78, 5) is 4.27. The number of hydrogen-bond donors (Lipinski definition) is 1. The molecular weight excluding hydrogens is 405 g/mol. The van der Waals surface area contributed by atoms with Gasteiger partial charge in [0.05, 0.1) is 5.69 Å². The minimum absolute atomic E-state index is 0. The number of aromatic nitrogens is 1. The molecule has 2 heterocycles. The third-order valence-corrected chi connectivity index (χ3v) is 10.1. The summed E-state index contributed by atoms with van der Waals surface area (Å²) in [5.74, 6) is 0. The van der Waals surface area contributed by atoms with E-state index in [4.69, 9.17) is 0 Å². The van der Waals surface area contributed by atoms with Crippen molar-refractivity contribution < 1.29 is 17.0 Å². The molecule has 26 heavy (non-hydrogen) atoms. The van der Waals surface area contributed by atoms with Gasteiger partial charge < -0.3 is 17.0 Å². The molecule has 0 spiro atoms. The molecule has 142 valence electrons. The average molecular weight is 436 g/mol. The van der Waals surface area contributed by atoms with Crippen LogP contribution in [0.25, 0.3) is 0 Å². The van der Waals surface area contributed by atoms with E-state index in [-0.39, 0.29) is 22.1 Å². The van der Waals surface area contributed by atoms with Crippen molar-refractivity contribution in [1.82, 2.24) is 9.65 Å². The highest BCUT2D eigenvalue weighted by atomic mass is 79.9. The number of rotatable bonds is 4. The molecule has 0 aliphatic carbocycles. The molecule has 2 aromatic rings. The maximum absolute atomic E-state index is 4.27. The first kappa shape index (κ1) is 21.3. The Labute approximate surface area is 169 Å². The van der Waals surface area contributed by atoms with Crippen molar-refractivity contribution in [2.45, 2.75) is 52.6 Å². The van der Waals surface area contributed by atoms with E-state index in [2.05, 4.69) is 79.7 Å². The molecule has 0 saturated carbocycles. The summed E-state index contributed by atoms with van der Waals surface area (Å²) < 4.78 is 2.73. The van der Waals surface area contributed by atoms with Crippen molar-refractivity contribution in [3.63, 3.8) is 0 Å². The Hall–Kier alpha value is -0.960. The molecule has 1 atom stereocenters. The summed E-state index contributed by atoms with van der Waals surface area (Å²) in [5.41, 5.74) is 3.92. The molecule has 3 rings (SSSR count). The number of nitrogens with one attached hydrogen (secondary N) is 1. The zero-order valence-corrected chi connectivity index (χ0v) is 19.1. The van der Waals surface area contributed by atoms with Crippen LogP contribution in [-0.2, 0) is 0 Å². The monoisotopic (exact) mass is 435 g/mol. The van der Waals surface area contributed by atoms with Gasteiger partial charge in [-0.15, -0.1) is 0 Å². The lowest BCUT2D eigenvalue weighted by molar-refractivity contribution is -0.00000564. The lowest BCUT2D eigenvalue weighted by Crippen LogP contribution is -3.00. The van der Waals surface area contributed by atoms with Crippen LogP contribution >= 0.6 is 7.56 Å². The number of anilines is 1. The highest BCUT2D eigenvalue weighted by Gasteiger charge is 2.58. The van der Waals surface area contributed by atoms with Gasteiger partial charge in [-0.25, -0.2) is 5.09 Å². The van der Waals surface area contributed by atoms with Crippen molar-refractivity contribution in [3.8, 4) is 0 Å². The second-order valence-corrected chi connectivity index (χ2v) is 12.0. The van der Waals surface area contributed by atoms with E-state index in [1.807, 2.05) is 12.4 Å². The average Bonchev–Trinajstić information content (AvgIpc) is 3.10. The van der Waals surface area contributed by atoms with Crippen LogP contribution in [0.5, 0.6) is 0 Å². The van der Waals surface area contributed by atoms with Gasteiger partial charge in [0, 0.05) is 37.6 Å². The summed E-state index contributed by atoms with van der Waals surface area (Å²) >= 11 is 0. The molecule has 3 nitrogen and oxygen atoms in total. The van der Waals surface area contributed by atoms with E-state index in [9.17, 15) is 0 Å². The van der Waals surface area contributed by atoms with E-state index < -0.39 is 7.56 Å². The second-order valence-electron chi connectivity index (χ2n) is 8.08. The normalized spacial score (nSPS) is 17.4. The van der Waals surface area contributed by atoms with Crippen LogP contribution in [0.15, 0.2) is 42.7 Å². The number of nitrogens with zero attached hydrogens (tertiary/aromatic N) is 2. The summed E-state index contributed by atoms with van der Waals surface area (Å²) in [5, 5.41) is 5.59. The smallest absolute Gasteiger partial charge is 0.209 e. The maximum atomic E-state index is 4.27. The highest BCUT2D eigenvalue weighted by Crippen LogP contribution is 2.70. The molecule has 0 bridgehead atoms. The highest BCUT2D eigenvalue weighted by molar-refractivity contribution is 7.83. The minimum atomic E-state index is -1.79. The fourth-order valence-corrected chi connectivity index (χ4v) is 8.35. The van der Waals surface area contributed by atoms with Crippen LogP contribution in [0.1, 0.15) is 44.7 Å². The number of pyridine rings is 1. The Morgan fingerprint density at radius 1 is 0.962 bits per heavy atom. The number of hydrogen-bond acceptors (Lipinski definition) is 3. The Morgan fingerprint density at radius 2 is 1.58 bits per heavy atom. The molecule has 1 N–H and O–H groups in total. The van der Waals surface area contributed by atoms with E-state index >= 15 is 0 Å². The van der Waals surface area contributed by atoms with Crippen LogP contribution in [0.3, 0.4) is 0 Å². The van der Waals surface area contributed by atoms with Gasteiger partial charge in [-0.05, 0) is 70.7 Å². The van der Waals surface area contributed by atoms with Gasteiger partial charge in [-0.1, -0.05) is 6.07 Å². The van der Waals surface area contributed by atoms with Crippen LogP contribution < -0.4 is 27.4 Å². The molecule has 1 aromatic carbocycles. The van der Waals surface area contributed by atoms with E-state index in [0.29, 0.717) is 0 Å². The first-order chi connectivity index (χ1) is 11.8. The minimum Gasteiger partial charge on any atom is -1.00 e. The van der Waals surface area contributed by atoms with E-state index in [1.54, 1.807) is 0 Å². The van der Waals surface area contributed by atoms with E-state index in [0.717, 1.165) is 0 Å². The standard InChI is InChI=1S/C21H31N3P.BrH/c1-17-8-9-19(16-18(17)2)23-25(21(3,4)5,24-14-6-7-15-24)20-10-12-22-13-11-20;/h8-13,16,23H,6-7,14-15H2,1-5H3;1H/q+1;/p-1. The summed E-state index contributed by atoms with van der Waals surface area (Å²) in [6, 6.07) is 11.2. The van der Waals surface area contributed by atoms with Crippen molar-refractivity contribution in [1.29, 1.82) is 0 Å². The topological polar surface area (TPSA) is 28.2 Å². The lowest BCUT2D eigenvalue weighted by atomic mass is 10.1. The molecule has 1 aliphatic rings. The predicted octanol–water partition coefficient (Wildman–Crippen LogP) is 2.18. The lowest BCUT2D eigenvalue weighted by Gasteiger charge is -2.43. The molecule has 0 radical (unpaired) electrons. The maximum Gasteiger partial charge on any atom is 0.209 e. The quantitative estimate of drug-likeness (QED) is 0.745. The third kappa shape index (κ3) is 3.98. The Kier molecular flexibility index (Phi) is 6.87. The van der Waals surface area contributed by atoms with Crippen molar-refractivity contribution >= 4 is 18.6 Å². The van der Waals surface area contributed by atoms with Crippen molar-refractivity contribution in [3.05, 3.63) is 53.9 Å². The third-order valence-electron chi connectivity index (χ3n) is 5.31. The molecule has 1 aliphatic heterocycles. The predicted molar refractivity (Wildman–Crippen MR) is 111 cm³/mol. The van der Waals surface area contributed by atoms with Gasteiger partial charge >= 0.3 is 0 Å². The van der Waals surface area contributed by atoms with Crippen molar-refractivity contribution in [2.24, 2.45) is 0 Å². The van der Waals surface area contributed by atoms with Crippen LogP contribution in [-0.4, -0.2) is 27.9 Å². The van der Waals surface area contributed by atoms with Crippen molar-refractivity contribution in [2.75, 3.05) is 18.2 Å². The van der Waals surface area contributed by atoms with Gasteiger partial charge in [0.1, 0.15) is 10.5 Å². The molecule has 5 heteroatoms. The summed E-state index contributed by atoms with van der Waals surface area (Å²) in [6.45, 7) is 13.9. The Morgan fingerprint density at radius 3 is 2.12 bits per heavy atom. The second kappa shape index (κ2) is 8.37. The largest absolute Gasteiger partial charge is 1.00 e. The number of halogens is 1. The van der Waals surface area contributed by atoms with Gasteiger partial charge in [0.2, 0.25) is 7.56 Å². The summed E-state index contributed by atoms with van der Waals surface area (Å²) in [7, 11) is -1.79. The van der Waals surface area contributed by atoms with Crippen LogP contribution in [0.4, 0.5) is 5.69 Å². The molecular formula is C21H31BrN3P. The fourth-order valence-electron chi connectivity index (χ4n) is 3.84. The van der Waals surface area contributed by atoms with Crippen LogP contribution in [0.2, 0.25) is 0 Å². The van der Waals surface area contributed by atoms with Crippen LogP contribution in [0, 0.1) is 13.8 Å².